The second-order valence-electron chi connectivity index (χ2n) is 8.36. The predicted molar refractivity (Wildman–Crippen MR) is 121 cm³/mol. The summed E-state index contributed by atoms with van der Waals surface area (Å²) in [5.74, 6) is 3.15. The molecule has 2 aliphatic rings. The Labute approximate surface area is 199 Å². The van der Waals surface area contributed by atoms with Gasteiger partial charge in [-0.1, -0.05) is 11.8 Å². The molecule has 0 radical (unpaired) electrons. The van der Waals surface area contributed by atoms with Gasteiger partial charge in [-0.25, -0.2) is 9.38 Å². The van der Waals surface area contributed by atoms with Crippen molar-refractivity contribution < 1.29 is 28.4 Å². The number of hydrogen-bond acceptors (Lipinski definition) is 5. The van der Waals surface area contributed by atoms with Crippen LogP contribution in [-0.2, 0) is 9.59 Å². The van der Waals surface area contributed by atoms with Gasteiger partial charge in [0.25, 0.3) is 23.4 Å². The average molecular weight is 470 g/mol. The van der Waals surface area contributed by atoms with E-state index in [0.717, 1.165) is 16.1 Å². The molecule has 10 nitrogen and oxygen atoms in total. The number of benzene rings is 1. The molecule has 1 saturated heterocycles. The number of H-pyrrole nitrogens is 1. The highest BCUT2D eigenvalue weighted by Crippen LogP contribution is 2.28. The summed E-state index contributed by atoms with van der Waals surface area (Å²) in [6, 6.07) is 7.44. The number of amides is 5. The minimum absolute atomic E-state index is 0.0586. The molecule has 0 aliphatic carbocycles. The lowest BCUT2D eigenvalue weighted by Crippen LogP contribution is -2.54. The first-order valence-electron chi connectivity index (χ1n) is 10.9. The zero-order valence-electron chi connectivity index (χ0n) is 18.7. The summed E-state index contributed by atoms with van der Waals surface area (Å²) in [7, 11) is 0. The summed E-state index contributed by atoms with van der Waals surface area (Å²) >= 11 is 0. The summed E-state index contributed by atoms with van der Waals surface area (Å²) in [6.07, 6.45) is 3.70. The van der Waals surface area contributed by atoms with Crippen molar-refractivity contribution in [2.24, 2.45) is 0 Å². The quantitative estimate of drug-likeness (QED) is 0.287. The molecule has 1 atom stereocenters. The third-order valence-corrected chi connectivity index (χ3v) is 5.93. The molecular weight excluding hydrogens is 450 g/mol. The van der Waals surface area contributed by atoms with Crippen LogP contribution in [0.4, 0.5) is 0 Å². The number of aromatic nitrogens is 2. The maximum Gasteiger partial charge on any atom is 0.295 e. The Morgan fingerprint density at radius 2 is 1.94 bits per heavy atom. The first-order valence-corrected chi connectivity index (χ1v) is 10.9. The fraction of sp³-hybridized carbons (Fsp3) is 0.200. The van der Waals surface area contributed by atoms with Gasteiger partial charge < -0.3 is 5.32 Å². The fourth-order valence-electron chi connectivity index (χ4n) is 4.17. The molecule has 3 N–H and O–H groups in total. The Hall–Kier alpha value is -4.78. The molecule has 10 heteroatoms. The van der Waals surface area contributed by atoms with Crippen LogP contribution >= 0.6 is 0 Å². The van der Waals surface area contributed by atoms with Crippen LogP contribution in [0, 0.1) is 18.8 Å². The lowest BCUT2D eigenvalue weighted by molar-refractivity contribution is -0.510. The van der Waals surface area contributed by atoms with Crippen LogP contribution in [0.15, 0.2) is 42.7 Å². The van der Waals surface area contributed by atoms with Crippen LogP contribution in [0.25, 0.3) is 5.65 Å². The van der Waals surface area contributed by atoms with E-state index in [4.69, 9.17) is 0 Å². The van der Waals surface area contributed by atoms with Crippen molar-refractivity contribution in [1.82, 2.24) is 20.5 Å². The van der Waals surface area contributed by atoms with Crippen LogP contribution in [0.5, 0.6) is 0 Å². The molecule has 0 bridgehead atoms. The molecule has 1 fully saturated rings. The minimum atomic E-state index is -1.02. The van der Waals surface area contributed by atoms with Crippen LogP contribution in [0.1, 0.15) is 55.2 Å². The minimum Gasteiger partial charge on any atom is -0.338 e. The van der Waals surface area contributed by atoms with E-state index in [1.54, 1.807) is 12.3 Å². The third kappa shape index (κ3) is 4.04. The van der Waals surface area contributed by atoms with Gasteiger partial charge in [0.05, 0.1) is 23.9 Å². The van der Waals surface area contributed by atoms with Crippen molar-refractivity contribution in [2.45, 2.75) is 25.8 Å². The van der Waals surface area contributed by atoms with Gasteiger partial charge in [0, 0.05) is 18.1 Å². The highest BCUT2D eigenvalue weighted by atomic mass is 16.2. The molecular formula is C25H20N5O5+. The molecule has 2 aromatic heterocycles. The Balaban J connectivity index is 1.26. The molecule has 2 aliphatic heterocycles. The summed E-state index contributed by atoms with van der Waals surface area (Å²) in [4.78, 5) is 65.6. The number of aromatic amines is 1. The zero-order chi connectivity index (χ0) is 24.7. The van der Waals surface area contributed by atoms with Gasteiger partial charge >= 0.3 is 0 Å². The maximum atomic E-state index is 12.9. The number of rotatable bonds is 3. The lowest BCUT2D eigenvalue weighted by Gasteiger charge is -2.27. The standard InChI is InChI=1S/C25H19N5O5/c1-14-8-10-29-13-18(27-20(29)11-14)22(32)26-9-2-3-15-4-5-16-17(12-15)25(35)30(24(16)34)19-6-7-21(31)28-23(19)33/h4-5,8,10-13,19H,6-7,9H2,1H3,(H2,26,28,31,32,33)/p+1. The van der Waals surface area contributed by atoms with E-state index in [9.17, 15) is 24.0 Å². The molecule has 1 unspecified atom stereocenters. The number of nitrogens with zero attached hydrogens (tertiary/aromatic N) is 2. The van der Waals surface area contributed by atoms with E-state index in [2.05, 4.69) is 27.5 Å². The van der Waals surface area contributed by atoms with E-state index >= 15 is 0 Å². The third-order valence-electron chi connectivity index (χ3n) is 5.93. The number of imidazole rings is 1. The van der Waals surface area contributed by atoms with Gasteiger partial charge in [0.2, 0.25) is 17.5 Å². The van der Waals surface area contributed by atoms with Crippen LogP contribution < -0.4 is 15.0 Å². The van der Waals surface area contributed by atoms with Crippen LogP contribution in [0.3, 0.4) is 0 Å². The van der Waals surface area contributed by atoms with E-state index in [1.807, 2.05) is 29.7 Å². The molecule has 4 heterocycles. The van der Waals surface area contributed by atoms with Gasteiger partial charge in [-0.05, 0) is 43.2 Å². The smallest absolute Gasteiger partial charge is 0.295 e. The summed E-state index contributed by atoms with van der Waals surface area (Å²) in [6.45, 7) is 2.04. The van der Waals surface area contributed by atoms with Crippen LogP contribution in [-0.4, -0.2) is 52.0 Å². The maximum absolute atomic E-state index is 12.9. The number of aryl methyl sites for hydroxylation is 1. The largest absolute Gasteiger partial charge is 0.338 e. The zero-order valence-corrected chi connectivity index (χ0v) is 18.7. The first-order chi connectivity index (χ1) is 16.8. The van der Waals surface area contributed by atoms with Crippen molar-refractivity contribution in [3.8, 4) is 11.8 Å². The van der Waals surface area contributed by atoms with Gasteiger partial charge in [0.15, 0.2) is 0 Å². The van der Waals surface area contributed by atoms with E-state index in [-0.39, 0.29) is 36.4 Å². The summed E-state index contributed by atoms with van der Waals surface area (Å²) < 4.78 is 1.81. The average Bonchev–Trinajstić information content (AvgIpc) is 3.35. The molecule has 5 amide bonds. The molecule has 35 heavy (non-hydrogen) atoms. The number of imide groups is 2. The van der Waals surface area contributed by atoms with E-state index < -0.39 is 29.7 Å². The molecule has 174 valence electrons. The number of hydrogen-bond donors (Lipinski definition) is 3. The number of nitrogens with one attached hydrogen (secondary N) is 3. The van der Waals surface area contributed by atoms with Gasteiger partial charge in [-0.2, -0.15) is 0 Å². The van der Waals surface area contributed by atoms with Crippen molar-refractivity contribution >= 4 is 35.2 Å². The molecule has 5 rings (SSSR count). The van der Waals surface area contributed by atoms with Gasteiger partial charge in [-0.15, -0.1) is 0 Å². The number of pyridine rings is 1. The molecule has 1 aromatic carbocycles. The predicted octanol–water partition coefficient (Wildman–Crippen LogP) is 0.245. The Bertz CT molecular complexity index is 1510. The monoisotopic (exact) mass is 470 g/mol. The van der Waals surface area contributed by atoms with E-state index in [0.29, 0.717) is 11.3 Å². The molecule has 0 saturated carbocycles. The highest BCUT2D eigenvalue weighted by molar-refractivity contribution is 6.23. The topological polar surface area (TPSA) is 133 Å². The van der Waals surface area contributed by atoms with Crippen LogP contribution in [0.2, 0.25) is 0 Å². The normalized spacial score (nSPS) is 17.2. The Kier molecular flexibility index (Phi) is 5.37. The van der Waals surface area contributed by atoms with Crippen molar-refractivity contribution in [3.63, 3.8) is 0 Å². The SMILES string of the molecule is Cc1cc[n+]2cc(C(=O)NCC#Cc3ccc4c(c3)C(=O)N(C3CCC(=O)NC3=O)C4=O)[nH]c2c1. The Morgan fingerprint density at radius 1 is 1.14 bits per heavy atom. The number of carbonyl (C=O) groups is 5. The van der Waals surface area contributed by atoms with Crippen molar-refractivity contribution in [3.05, 3.63) is 70.7 Å². The highest BCUT2D eigenvalue weighted by Gasteiger charge is 2.44. The van der Waals surface area contributed by atoms with E-state index in [1.165, 1.54) is 12.1 Å². The molecule has 3 aromatic rings. The van der Waals surface area contributed by atoms with Crippen molar-refractivity contribution in [1.29, 1.82) is 0 Å². The van der Waals surface area contributed by atoms with Gasteiger partial charge in [-0.3, -0.25) is 34.2 Å². The number of fused-ring (bicyclic) bond motifs is 2. The summed E-state index contributed by atoms with van der Waals surface area (Å²) in [5.41, 5.74) is 3.09. The first kappa shape index (κ1) is 22.0. The Morgan fingerprint density at radius 3 is 2.74 bits per heavy atom. The summed E-state index contributed by atoms with van der Waals surface area (Å²) in [5, 5.41) is 4.88. The van der Waals surface area contributed by atoms with Crippen molar-refractivity contribution in [2.75, 3.05) is 6.54 Å². The fourth-order valence-corrected chi connectivity index (χ4v) is 4.17. The molecule has 0 spiro atoms. The number of piperidine rings is 1. The second-order valence-corrected chi connectivity index (χ2v) is 8.36. The lowest BCUT2D eigenvalue weighted by atomic mass is 10.0. The van der Waals surface area contributed by atoms with Gasteiger partial charge in [0.1, 0.15) is 12.2 Å². The second kappa shape index (κ2) is 8.53. The number of carbonyl (C=O) groups excluding carboxylic acids is 5.